The van der Waals surface area contributed by atoms with Gasteiger partial charge in [-0.15, -0.1) is 0 Å². The first-order chi connectivity index (χ1) is 31.2. The largest absolute Gasteiger partial charge is 0.490 e. The summed E-state index contributed by atoms with van der Waals surface area (Å²) in [6, 6.07) is 42.2. The first-order valence-corrected chi connectivity index (χ1v) is 20.9. The summed E-state index contributed by atoms with van der Waals surface area (Å²) in [6.07, 6.45) is 1.77. The molecule has 5 aromatic carbocycles. The summed E-state index contributed by atoms with van der Waals surface area (Å²) in [5, 5.41) is 4.85. The zero-order valence-corrected chi connectivity index (χ0v) is 34.1. The summed E-state index contributed by atoms with van der Waals surface area (Å²) >= 11 is 0. The SMILES string of the molecule is c1ccc2c(c1)-c1cc3[nH]c(nc4nc(nc5[nH]c(nc-2n1)c1ccccc51)-c1c(OCCOCCOCCOCCOc2cccc5cccnc25)cccc1-4)c1ccccc31. The highest BCUT2D eigenvalue weighted by Gasteiger charge is 2.25. The van der Waals surface area contributed by atoms with Crippen LogP contribution < -0.4 is 9.47 Å². The van der Waals surface area contributed by atoms with E-state index >= 15 is 0 Å². The molecule has 2 N–H and O–H groups in total. The van der Waals surface area contributed by atoms with Gasteiger partial charge in [-0.25, -0.2) is 24.9 Å². The van der Waals surface area contributed by atoms with E-state index in [4.69, 9.17) is 48.6 Å². The number of benzene rings is 5. The monoisotopic (exact) mass is 832 g/mol. The smallest absolute Gasteiger partial charge is 0.168 e. The van der Waals surface area contributed by atoms with E-state index in [1.54, 1.807) is 6.20 Å². The summed E-state index contributed by atoms with van der Waals surface area (Å²) in [5.74, 6) is 2.99. The number of aromatic amines is 2. The lowest BCUT2D eigenvalue weighted by atomic mass is 10.1. The minimum atomic E-state index is 0.308. The van der Waals surface area contributed by atoms with E-state index in [1.165, 1.54) is 0 Å². The molecule has 2 aliphatic rings. The van der Waals surface area contributed by atoms with E-state index in [9.17, 15) is 0 Å². The summed E-state index contributed by atoms with van der Waals surface area (Å²) in [5.41, 5.74) is 8.02. The number of pyridine rings is 1. The maximum atomic E-state index is 6.39. The van der Waals surface area contributed by atoms with Crippen LogP contribution in [0, 0.1) is 0 Å². The van der Waals surface area contributed by atoms with Crippen molar-refractivity contribution in [1.82, 2.24) is 39.9 Å². The Morgan fingerprint density at radius 1 is 0.413 bits per heavy atom. The Hall–Kier alpha value is -7.58. The van der Waals surface area contributed by atoms with Gasteiger partial charge >= 0.3 is 0 Å². The van der Waals surface area contributed by atoms with Gasteiger partial charge in [-0.3, -0.25) is 4.98 Å². The van der Waals surface area contributed by atoms with Crippen molar-refractivity contribution in [3.8, 4) is 56.9 Å². The summed E-state index contributed by atoms with van der Waals surface area (Å²) in [6.45, 7) is 3.30. The Kier molecular flexibility index (Phi) is 10.4. The lowest BCUT2D eigenvalue weighted by Gasteiger charge is -2.11. The summed E-state index contributed by atoms with van der Waals surface area (Å²) in [4.78, 5) is 37.1. The zero-order valence-electron chi connectivity index (χ0n) is 34.1. The molecular weight excluding hydrogens is 793 g/mol. The molecule has 8 bridgehead atoms. The van der Waals surface area contributed by atoms with Gasteiger partial charge in [0.2, 0.25) is 0 Å². The molecule has 9 aromatic rings. The third kappa shape index (κ3) is 7.58. The fourth-order valence-corrected chi connectivity index (χ4v) is 8.10. The van der Waals surface area contributed by atoms with E-state index in [2.05, 4.69) is 45.3 Å². The first-order valence-electron chi connectivity index (χ1n) is 20.9. The predicted octanol–water partition coefficient (Wildman–Crippen LogP) is 9.53. The molecule has 0 unspecified atom stereocenters. The quantitative estimate of drug-likeness (QED) is 0.101. The minimum absolute atomic E-state index is 0.308. The summed E-state index contributed by atoms with van der Waals surface area (Å²) in [7, 11) is 0. The first kappa shape index (κ1) is 38.3. The molecule has 0 fully saturated rings. The zero-order chi connectivity index (χ0) is 42.0. The Balaban J connectivity index is 0.812. The molecule has 0 amide bonds. The van der Waals surface area contributed by atoms with Crippen LogP contribution in [-0.4, -0.2) is 92.7 Å². The van der Waals surface area contributed by atoms with Crippen LogP contribution in [-0.2, 0) is 14.2 Å². The number of nitrogens with zero attached hydrogens (tertiary/aromatic N) is 6. The van der Waals surface area contributed by atoms with Crippen LogP contribution >= 0.6 is 0 Å². The Morgan fingerprint density at radius 3 is 1.70 bits per heavy atom. The van der Waals surface area contributed by atoms with Crippen LogP contribution in [0.5, 0.6) is 11.5 Å². The number of aromatic nitrogens is 8. The van der Waals surface area contributed by atoms with Gasteiger partial charge in [0.1, 0.15) is 47.2 Å². The second-order valence-corrected chi connectivity index (χ2v) is 14.9. The number of para-hydroxylation sites is 1. The average molecular weight is 833 g/mol. The second kappa shape index (κ2) is 17.1. The number of hydrogen-bond donors (Lipinski definition) is 2. The number of nitrogens with one attached hydrogen (secondary N) is 2. The third-order valence-electron chi connectivity index (χ3n) is 11.0. The fraction of sp³-hybridized carbons (Fsp3) is 0.160. The molecule has 4 aromatic heterocycles. The van der Waals surface area contributed by atoms with Crippen LogP contribution in [0.3, 0.4) is 0 Å². The third-order valence-corrected chi connectivity index (χ3v) is 11.0. The molecule has 310 valence electrons. The van der Waals surface area contributed by atoms with Crippen LogP contribution in [0.15, 0.2) is 134 Å². The van der Waals surface area contributed by atoms with Crippen molar-refractivity contribution in [2.75, 3.05) is 52.9 Å². The maximum absolute atomic E-state index is 6.39. The normalized spacial score (nSPS) is 11.9. The van der Waals surface area contributed by atoms with E-state index in [-0.39, 0.29) is 0 Å². The van der Waals surface area contributed by atoms with E-state index in [0.29, 0.717) is 93.0 Å². The predicted molar refractivity (Wildman–Crippen MR) is 243 cm³/mol. The molecule has 0 saturated heterocycles. The molecule has 6 heterocycles. The van der Waals surface area contributed by atoms with Gasteiger partial charge in [0, 0.05) is 55.3 Å². The molecule has 0 radical (unpaired) electrons. The van der Waals surface area contributed by atoms with Crippen LogP contribution in [0.25, 0.3) is 100 Å². The highest BCUT2D eigenvalue weighted by atomic mass is 16.6. The molecule has 11 rings (SSSR count). The van der Waals surface area contributed by atoms with Gasteiger partial charge in [0.05, 0.1) is 50.9 Å². The van der Waals surface area contributed by atoms with Gasteiger partial charge in [0.25, 0.3) is 0 Å². The van der Waals surface area contributed by atoms with Crippen molar-refractivity contribution in [3.63, 3.8) is 0 Å². The molecular formula is C50H40N8O5. The van der Waals surface area contributed by atoms with E-state index < -0.39 is 0 Å². The number of ether oxygens (including phenoxy) is 5. The van der Waals surface area contributed by atoms with Gasteiger partial charge < -0.3 is 33.7 Å². The second-order valence-electron chi connectivity index (χ2n) is 14.9. The van der Waals surface area contributed by atoms with Gasteiger partial charge in [-0.05, 0) is 24.3 Å². The summed E-state index contributed by atoms with van der Waals surface area (Å²) < 4.78 is 29.6. The number of fused-ring (bicyclic) bond motifs is 21. The molecule has 2 aliphatic heterocycles. The topological polar surface area (TPSA) is 155 Å². The van der Waals surface area contributed by atoms with Crippen LogP contribution in [0.4, 0.5) is 0 Å². The molecule has 0 saturated carbocycles. The van der Waals surface area contributed by atoms with Crippen molar-refractivity contribution < 1.29 is 23.7 Å². The Morgan fingerprint density at radius 2 is 0.952 bits per heavy atom. The minimum Gasteiger partial charge on any atom is -0.490 e. The van der Waals surface area contributed by atoms with Crippen molar-refractivity contribution in [1.29, 1.82) is 0 Å². The molecule has 13 nitrogen and oxygen atoms in total. The van der Waals surface area contributed by atoms with E-state index in [0.717, 1.165) is 71.7 Å². The van der Waals surface area contributed by atoms with Crippen molar-refractivity contribution >= 4 is 54.9 Å². The maximum Gasteiger partial charge on any atom is 0.168 e. The number of hydrogen-bond acceptors (Lipinski definition) is 11. The van der Waals surface area contributed by atoms with Gasteiger partial charge in [0.15, 0.2) is 17.5 Å². The van der Waals surface area contributed by atoms with Crippen LogP contribution in [0.1, 0.15) is 0 Å². The lowest BCUT2D eigenvalue weighted by Crippen LogP contribution is -2.14. The van der Waals surface area contributed by atoms with Crippen molar-refractivity contribution in [3.05, 3.63) is 134 Å². The van der Waals surface area contributed by atoms with Gasteiger partial charge in [-0.1, -0.05) is 103 Å². The standard InChI is InChI=1S/C50H40N8O5/c1-3-14-34-32(12-1)39-30-40-33-13-2-4-15-35(33)46(53-40)55-49-38-18-8-19-41(43(38)50(58-49)57-48-37-17-6-5-16-36(37)47(56-48)54-45(34)52-39)62-28-26-60-24-22-59-23-25-61-27-29-63-42-20-7-10-31-11-9-21-51-44(31)42/h1-21,30H,22-29H2,(H2,52,53,54,55,56,57,58). The Labute approximate surface area is 360 Å². The molecule has 0 aliphatic carbocycles. The van der Waals surface area contributed by atoms with Gasteiger partial charge in [-0.2, -0.15) is 0 Å². The average Bonchev–Trinajstić information content (AvgIpc) is 4.07. The molecule has 13 heteroatoms. The van der Waals surface area contributed by atoms with Crippen molar-refractivity contribution in [2.24, 2.45) is 0 Å². The molecule has 63 heavy (non-hydrogen) atoms. The van der Waals surface area contributed by atoms with Crippen molar-refractivity contribution in [2.45, 2.75) is 0 Å². The highest BCUT2D eigenvalue weighted by molar-refractivity contribution is 6.07. The van der Waals surface area contributed by atoms with E-state index in [1.807, 2.05) is 97.1 Å². The number of rotatable bonds is 14. The Bertz CT molecular complexity index is 3320. The van der Waals surface area contributed by atoms with Crippen LogP contribution in [0.2, 0.25) is 0 Å². The lowest BCUT2D eigenvalue weighted by molar-refractivity contribution is 0.00507. The fourth-order valence-electron chi connectivity index (χ4n) is 8.10. The number of H-pyrrole nitrogens is 2. The molecule has 0 atom stereocenters. The molecule has 0 spiro atoms. The highest BCUT2D eigenvalue weighted by Crippen LogP contribution is 2.41.